The third kappa shape index (κ3) is 3.88. The smallest absolute Gasteiger partial charge is 0.326 e. The summed E-state index contributed by atoms with van der Waals surface area (Å²) in [4.78, 5) is 27.6. The van der Waals surface area contributed by atoms with Crippen LogP contribution in [0.1, 0.15) is 19.3 Å². The summed E-state index contributed by atoms with van der Waals surface area (Å²) in [6.45, 7) is 0.384. The zero-order chi connectivity index (χ0) is 13.7. The number of likely N-dealkylation sites (tertiary alicyclic amines) is 1. The number of carbonyl (C=O) groups excluding carboxylic acids is 1. The SMILES string of the molecule is NC(N)=NCCC[C@@H](C(=O)O)N1CC(O)CC1=O. The van der Waals surface area contributed by atoms with Crippen molar-refractivity contribution in [1.29, 1.82) is 0 Å². The lowest BCUT2D eigenvalue weighted by Crippen LogP contribution is -2.42. The molecule has 0 aromatic carbocycles. The number of amides is 1. The van der Waals surface area contributed by atoms with E-state index in [0.29, 0.717) is 13.0 Å². The number of nitrogens with zero attached hydrogens (tertiary/aromatic N) is 2. The largest absolute Gasteiger partial charge is 0.480 e. The Bertz CT molecular complexity index is 354. The fourth-order valence-corrected chi connectivity index (χ4v) is 1.92. The van der Waals surface area contributed by atoms with Gasteiger partial charge in [-0.3, -0.25) is 9.79 Å². The molecule has 1 rings (SSSR count). The second-order valence-electron chi connectivity index (χ2n) is 4.21. The molecule has 1 aliphatic heterocycles. The second kappa shape index (κ2) is 6.20. The third-order valence-electron chi connectivity index (χ3n) is 2.73. The van der Waals surface area contributed by atoms with Gasteiger partial charge >= 0.3 is 5.97 Å². The van der Waals surface area contributed by atoms with Gasteiger partial charge in [-0.2, -0.15) is 0 Å². The molecule has 102 valence electrons. The molecule has 0 aromatic rings. The molecule has 0 saturated carbocycles. The summed E-state index contributed by atoms with van der Waals surface area (Å²) < 4.78 is 0. The van der Waals surface area contributed by atoms with Gasteiger partial charge in [-0.25, -0.2) is 4.79 Å². The van der Waals surface area contributed by atoms with Crippen LogP contribution in [0.15, 0.2) is 4.99 Å². The van der Waals surface area contributed by atoms with Crippen LogP contribution in [0.5, 0.6) is 0 Å². The van der Waals surface area contributed by atoms with E-state index in [0.717, 1.165) is 0 Å². The van der Waals surface area contributed by atoms with E-state index in [1.807, 2.05) is 0 Å². The number of carboxylic acids is 1. The van der Waals surface area contributed by atoms with E-state index >= 15 is 0 Å². The number of rotatable bonds is 6. The van der Waals surface area contributed by atoms with E-state index < -0.39 is 18.1 Å². The first kappa shape index (κ1) is 14.2. The van der Waals surface area contributed by atoms with Gasteiger partial charge in [-0.1, -0.05) is 0 Å². The first-order chi connectivity index (χ1) is 8.41. The summed E-state index contributed by atoms with van der Waals surface area (Å²) in [7, 11) is 0. The van der Waals surface area contributed by atoms with Gasteiger partial charge in [0.15, 0.2) is 5.96 Å². The average Bonchev–Trinajstić information content (AvgIpc) is 2.56. The number of aliphatic carboxylic acids is 1. The molecule has 0 radical (unpaired) electrons. The number of aliphatic hydroxyl groups is 1. The summed E-state index contributed by atoms with van der Waals surface area (Å²) >= 11 is 0. The van der Waals surface area contributed by atoms with E-state index in [4.69, 9.17) is 16.6 Å². The number of β-amino-alcohol motifs (C(OH)–C–C–N with tert-alkyl or cyclic N) is 1. The predicted octanol–water partition coefficient (Wildman–Crippen LogP) is -1.91. The average molecular weight is 258 g/mol. The molecule has 1 aliphatic rings. The quantitative estimate of drug-likeness (QED) is 0.249. The van der Waals surface area contributed by atoms with Gasteiger partial charge in [0.2, 0.25) is 5.91 Å². The van der Waals surface area contributed by atoms with Crippen LogP contribution in [0.4, 0.5) is 0 Å². The van der Waals surface area contributed by atoms with Crippen molar-refractivity contribution in [3.8, 4) is 0 Å². The summed E-state index contributed by atoms with van der Waals surface area (Å²) in [5.41, 5.74) is 10.3. The zero-order valence-electron chi connectivity index (χ0n) is 9.95. The van der Waals surface area contributed by atoms with Crippen molar-refractivity contribution in [2.45, 2.75) is 31.4 Å². The van der Waals surface area contributed by atoms with Crippen LogP contribution in [-0.4, -0.2) is 58.2 Å². The monoisotopic (exact) mass is 258 g/mol. The number of hydrogen-bond donors (Lipinski definition) is 4. The van der Waals surface area contributed by atoms with Gasteiger partial charge in [-0.05, 0) is 12.8 Å². The maximum Gasteiger partial charge on any atom is 0.326 e. The highest BCUT2D eigenvalue weighted by molar-refractivity contribution is 5.85. The van der Waals surface area contributed by atoms with Crippen LogP contribution in [0, 0.1) is 0 Å². The number of guanidine groups is 1. The molecule has 0 aliphatic carbocycles. The van der Waals surface area contributed by atoms with Crippen molar-refractivity contribution in [2.24, 2.45) is 16.5 Å². The van der Waals surface area contributed by atoms with Crippen molar-refractivity contribution in [2.75, 3.05) is 13.1 Å². The molecule has 2 atom stereocenters. The Hall–Kier alpha value is -1.83. The number of hydrogen-bond acceptors (Lipinski definition) is 4. The Balaban J connectivity index is 2.53. The first-order valence-electron chi connectivity index (χ1n) is 5.67. The normalized spacial score (nSPS) is 20.8. The highest BCUT2D eigenvalue weighted by Crippen LogP contribution is 2.17. The Morgan fingerprint density at radius 1 is 1.56 bits per heavy atom. The van der Waals surface area contributed by atoms with Gasteiger partial charge in [-0.15, -0.1) is 0 Å². The van der Waals surface area contributed by atoms with Crippen molar-refractivity contribution in [3.05, 3.63) is 0 Å². The minimum Gasteiger partial charge on any atom is -0.480 e. The van der Waals surface area contributed by atoms with E-state index in [2.05, 4.69) is 4.99 Å². The molecule has 0 spiro atoms. The molecule has 1 heterocycles. The first-order valence-corrected chi connectivity index (χ1v) is 5.67. The fraction of sp³-hybridized carbons (Fsp3) is 0.700. The van der Waals surface area contributed by atoms with Crippen LogP contribution >= 0.6 is 0 Å². The predicted molar refractivity (Wildman–Crippen MR) is 63.7 cm³/mol. The van der Waals surface area contributed by atoms with Gasteiger partial charge in [0.05, 0.1) is 12.5 Å². The zero-order valence-corrected chi connectivity index (χ0v) is 9.95. The Labute approximate surface area is 104 Å². The summed E-state index contributed by atoms with van der Waals surface area (Å²) in [5, 5.41) is 18.4. The summed E-state index contributed by atoms with van der Waals surface area (Å²) in [6.07, 6.45) is -0.0890. The maximum absolute atomic E-state index is 11.5. The van der Waals surface area contributed by atoms with Crippen molar-refractivity contribution < 1.29 is 19.8 Å². The molecule has 0 bridgehead atoms. The van der Waals surface area contributed by atoms with Crippen molar-refractivity contribution in [3.63, 3.8) is 0 Å². The highest BCUT2D eigenvalue weighted by atomic mass is 16.4. The fourth-order valence-electron chi connectivity index (χ4n) is 1.92. The van der Waals surface area contributed by atoms with Crippen LogP contribution in [-0.2, 0) is 9.59 Å². The van der Waals surface area contributed by atoms with Crippen molar-refractivity contribution >= 4 is 17.8 Å². The minimum absolute atomic E-state index is 0.0162. The molecule has 6 N–H and O–H groups in total. The lowest BCUT2D eigenvalue weighted by atomic mass is 10.1. The number of nitrogens with two attached hydrogens (primary N) is 2. The molecule has 1 fully saturated rings. The van der Waals surface area contributed by atoms with Gasteiger partial charge in [0.1, 0.15) is 6.04 Å². The number of aliphatic hydroxyl groups excluding tert-OH is 1. The van der Waals surface area contributed by atoms with Crippen LogP contribution < -0.4 is 11.5 Å². The third-order valence-corrected chi connectivity index (χ3v) is 2.73. The topological polar surface area (TPSA) is 142 Å². The lowest BCUT2D eigenvalue weighted by Gasteiger charge is -2.23. The van der Waals surface area contributed by atoms with Crippen LogP contribution in [0.25, 0.3) is 0 Å². The number of carbonyl (C=O) groups is 2. The summed E-state index contributed by atoms with van der Waals surface area (Å²) in [6, 6.07) is -0.927. The molecular weight excluding hydrogens is 240 g/mol. The summed E-state index contributed by atoms with van der Waals surface area (Å²) in [5.74, 6) is -1.46. The van der Waals surface area contributed by atoms with Gasteiger partial charge < -0.3 is 26.6 Å². The van der Waals surface area contributed by atoms with Crippen LogP contribution in [0.2, 0.25) is 0 Å². The molecule has 8 heteroatoms. The van der Waals surface area contributed by atoms with E-state index in [9.17, 15) is 14.7 Å². The molecule has 1 unspecified atom stereocenters. The molecule has 1 amide bonds. The molecule has 1 saturated heterocycles. The molecule has 18 heavy (non-hydrogen) atoms. The standard InChI is InChI=1S/C10H18N4O4/c11-10(12)13-3-1-2-7(9(17)18)14-5-6(15)4-8(14)16/h6-7,15H,1-5H2,(H,17,18)(H4,11,12,13)/t6?,7-/m0/s1. The maximum atomic E-state index is 11.5. The van der Waals surface area contributed by atoms with E-state index in [1.54, 1.807) is 0 Å². The van der Waals surface area contributed by atoms with Crippen molar-refractivity contribution in [1.82, 2.24) is 4.90 Å². The second-order valence-corrected chi connectivity index (χ2v) is 4.21. The van der Waals surface area contributed by atoms with E-state index in [-0.39, 0.29) is 31.3 Å². The Morgan fingerprint density at radius 3 is 2.67 bits per heavy atom. The van der Waals surface area contributed by atoms with Gasteiger partial charge in [0, 0.05) is 13.1 Å². The van der Waals surface area contributed by atoms with Gasteiger partial charge in [0.25, 0.3) is 0 Å². The number of carboxylic acid groups (broad SMARTS) is 1. The Kier molecular flexibility index (Phi) is 4.90. The molecule has 8 nitrogen and oxygen atoms in total. The number of aliphatic imine (C=N–C) groups is 1. The molecular formula is C10H18N4O4. The minimum atomic E-state index is -1.08. The molecule has 0 aromatic heterocycles. The van der Waals surface area contributed by atoms with E-state index in [1.165, 1.54) is 4.90 Å². The highest BCUT2D eigenvalue weighted by Gasteiger charge is 2.36. The Morgan fingerprint density at radius 2 is 2.22 bits per heavy atom. The lowest BCUT2D eigenvalue weighted by molar-refractivity contribution is -0.148. The van der Waals surface area contributed by atoms with Crippen LogP contribution in [0.3, 0.4) is 0 Å².